The van der Waals surface area contributed by atoms with Crippen LogP contribution in [-0.2, 0) is 19.9 Å². The largest absolute Gasteiger partial charge is 0.352 e. The van der Waals surface area contributed by atoms with Crippen LogP contribution in [-0.4, -0.2) is 18.7 Å². The van der Waals surface area contributed by atoms with Gasteiger partial charge in [0, 0.05) is 0 Å². The minimum atomic E-state index is -0.833. The number of carbonyl (C=O) groups excluding carboxylic acids is 1. The van der Waals surface area contributed by atoms with Crippen LogP contribution >= 0.6 is 0 Å². The van der Waals surface area contributed by atoms with Crippen LogP contribution in [0.25, 0.3) is 0 Å². The van der Waals surface area contributed by atoms with E-state index in [1.807, 2.05) is 6.92 Å². The third kappa shape index (κ3) is 9.11. The van der Waals surface area contributed by atoms with Crippen molar-refractivity contribution >= 4 is 6.03 Å². The molecule has 1 saturated heterocycles. The first-order valence-electron chi connectivity index (χ1n) is 2.79. The smallest absolute Gasteiger partial charge is 0.309 e. The Morgan fingerprint density at radius 3 is 2.18 bits per heavy atom. The van der Waals surface area contributed by atoms with Crippen molar-refractivity contribution in [2.45, 2.75) is 13.0 Å². The molecule has 0 aromatic heterocycles. The number of nitrogens with two attached hydrogens (primary N) is 2. The molecule has 11 heavy (non-hydrogen) atoms. The Hall–Kier alpha value is -0.890. The highest BCUT2D eigenvalue weighted by atomic mass is 17.7. The Morgan fingerprint density at radius 2 is 2.00 bits per heavy atom. The number of hydrogen-bond acceptors (Lipinski definition) is 5. The summed E-state index contributed by atoms with van der Waals surface area (Å²) in [5.74, 6) is 0. The highest BCUT2D eigenvalue weighted by Gasteiger charge is 2.09. The Bertz CT molecular complexity index is 109. The summed E-state index contributed by atoms with van der Waals surface area (Å²) in [5, 5.41) is 7.88. The van der Waals surface area contributed by atoms with E-state index in [0.717, 1.165) is 0 Å². The summed E-state index contributed by atoms with van der Waals surface area (Å²) in [6.07, 6.45) is -0.0336. The van der Waals surface area contributed by atoms with E-state index < -0.39 is 6.03 Å². The van der Waals surface area contributed by atoms with Gasteiger partial charge in [0.05, 0.1) is 0 Å². The first-order valence-corrected chi connectivity index (χ1v) is 2.79. The van der Waals surface area contributed by atoms with Crippen LogP contribution < -0.4 is 11.5 Å². The van der Waals surface area contributed by atoms with E-state index in [4.69, 9.17) is 4.79 Å². The highest BCUT2D eigenvalue weighted by Crippen LogP contribution is 2.00. The Kier molecular flexibility index (Phi) is 5.39. The summed E-state index contributed by atoms with van der Waals surface area (Å²) < 4.78 is 0. The van der Waals surface area contributed by atoms with Crippen LogP contribution in [0, 0.1) is 0 Å². The van der Waals surface area contributed by atoms with E-state index in [-0.39, 0.29) is 6.10 Å². The predicted molar refractivity (Wildman–Crippen MR) is 32.4 cm³/mol. The fraction of sp³-hybridized carbons (Fsp3) is 0.750. The Labute approximate surface area is 62.9 Å². The van der Waals surface area contributed by atoms with Crippen molar-refractivity contribution in [3.8, 4) is 0 Å². The summed E-state index contributed by atoms with van der Waals surface area (Å²) in [4.78, 5) is 17.8. The van der Waals surface area contributed by atoms with Crippen molar-refractivity contribution in [1.29, 1.82) is 0 Å². The van der Waals surface area contributed by atoms with Crippen molar-refractivity contribution in [3.63, 3.8) is 0 Å². The number of amides is 2. The van der Waals surface area contributed by atoms with E-state index in [1.165, 1.54) is 0 Å². The summed E-state index contributed by atoms with van der Waals surface area (Å²) in [7, 11) is 0. The molecule has 0 bridgehead atoms. The first kappa shape index (κ1) is 10.1. The van der Waals surface area contributed by atoms with Gasteiger partial charge in [0.2, 0.25) is 0 Å². The lowest BCUT2D eigenvalue weighted by atomic mass is 10.5. The molecule has 1 atom stereocenters. The lowest BCUT2D eigenvalue weighted by Crippen LogP contribution is -2.22. The molecule has 0 radical (unpaired) electrons. The van der Waals surface area contributed by atoms with Crippen molar-refractivity contribution in [1.82, 2.24) is 0 Å². The number of primary amides is 2. The van der Waals surface area contributed by atoms with E-state index in [2.05, 4.69) is 31.3 Å². The Morgan fingerprint density at radius 1 is 1.45 bits per heavy atom. The summed E-state index contributed by atoms with van der Waals surface area (Å²) >= 11 is 0. The molecule has 1 aliphatic rings. The molecule has 0 aromatic carbocycles. The molecular weight excluding hydrogens is 156 g/mol. The number of carbonyl (C=O) groups is 1. The Balaban J connectivity index is 0.000000218. The highest BCUT2D eigenvalue weighted by molar-refractivity contribution is 5.69. The molecule has 1 aliphatic heterocycles. The van der Waals surface area contributed by atoms with Crippen LogP contribution in [0.5, 0.6) is 0 Å². The van der Waals surface area contributed by atoms with E-state index in [9.17, 15) is 0 Å². The molecule has 0 aliphatic carbocycles. The molecule has 1 heterocycles. The normalized spacial score (nSPS) is 23.2. The van der Waals surface area contributed by atoms with Crippen LogP contribution in [0.15, 0.2) is 0 Å². The molecule has 7 nitrogen and oxygen atoms in total. The lowest BCUT2D eigenvalue weighted by molar-refractivity contribution is -0.674. The molecule has 4 N–H and O–H groups in total. The van der Waals surface area contributed by atoms with Crippen molar-refractivity contribution < 1.29 is 24.6 Å². The van der Waals surface area contributed by atoms with Gasteiger partial charge >= 0.3 is 6.03 Å². The zero-order valence-electron chi connectivity index (χ0n) is 5.98. The number of hydrogen-bond donors (Lipinski definition) is 2. The summed E-state index contributed by atoms with van der Waals surface area (Å²) in [5.41, 5.74) is 8.50. The molecular formula is C4H10N2O5. The van der Waals surface area contributed by atoms with Gasteiger partial charge in [0.25, 0.3) is 0 Å². The van der Waals surface area contributed by atoms with Crippen molar-refractivity contribution in [2.24, 2.45) is 11.5 Å². The lowest BCUT2D eigenvalue weighted by Gasteiger charge is -2.13. The number of urea groups is 1. The van der Waals surface area contributed by atoms with Gasteiger partial charge in [-0.1, -0.05) is 0 Å². The summed E-state index contributed by atoms with van der Waals surface area (Å²) in [6, 6.07) is -0.833. The van der Waals surface area contributed by atoms with Gasteiger partial charge in [-0.25, -0.2) is 9.68 Å². The standard InChI is InChI=1S/C3H6O4.CH4N2O/c1-3-2-4-6-7-5-3;2-1(3)4/h3H,2H2,1H3;(H4,2,3,4). The molecule has 1 fully saturated rings. The maximum atomic E-state index is 9.00. The minimum absolute atomic E-state index is 0.0336. The zero-order valence-corrected chi connectivity index (χ0v) is 5.98. The monoisotopic (exact) mass is 166 g/mol. The molecule has 7 heteroatoms. The van der Waals surface area contributed by atoms with Crippen molar-refractivity contribution in [2.75, 3.05) is 6.61 Å². The molecule has 1 unspecified atom stereocenters. The minimum Gasteiger partial charge on any atom is -0.352 e. The molecule has 0 aromatic rings. The van der Waals surface area contributed by atoms with Crippen molar-refractivity contribution in [3.05, 3.63) is 0 Å². The summed E-state index contributed by atoms with van der Waals surface area (Å²) in [6.45, 7) is 2.22. The predicted octanol–water partition coefficient (Wildman–Crippen LogP) is -0.776. The first-order chi connectivity index (χ1) is 5.13. The van der Waals surface area contributed by atoms with Gasteiger partial charge in [0.15, 0.2) is 0 Å². The van der Waals surface area contributed by atoms with Gasteiger partial charge < -0.3 is 11.5 Å². The number of rotatable bonds is 0. The van der Waals surface area contributed by atoms with Gasteiger partial charge in [-0.3, -0.25) is 0 Å². The molecule has 0 saturated carbocycles. The second-order valence-corrected chi connectivity index (χ2v) is 1.73. The van der Waals surface area contributed by atoms with Crippen LogP contribution in [0.4, 0.5) is 4.79 Å². The topological polar surface area (TPSA) is 106 Å². The average molecular weight is 166 g/mol. The fourth-order valence-corrected chi connectivity index (χ4v) is 0.254. The molecule has 1 rings (SSSR count). The average Bonchev–Trinajstić information content (AvgIpc) is 1.87. The van der Waals surface area contributed by atoms with E-state index in [1.54, 1.807) is 0 Å². The molecule has 2 amide bonds. The maximum Gasteiger partial charge on any atom is 0.309 e. The van der Waals surface area contributed by atoms with Gasteiger partial charge in [-0.2, -0.15) is 4.89 Å². The van der Waals surface area contributed by atoms with Crippen LogP contribution in [0.3, 0.4) is 0 Å². The molecule has 0 spiro atoms. The second kappa shape index (κ2) is 5.86. The third-order valence-corrected chi connectivity index (χ3v) is 0.582. The zero-order chi connectivity index (χ0) is 8.69. The van der Waals surface area contributed by atoms with Gasteiger partial charge in [0.1, 0.15) is 12.7 Å². The van der Waals surface area contributed by atoms with Gasteiger partial charge in [-0.15, -0.1) is 0 Å². The van der Waals surface area contributed by atoms with E-state index >= 15 is 0 Å². The maximum absolute atomic E-state index is 9.00. The second-order valence-electron chi connectivity index (χ2n) is 1.73. The van der Waals surface area contributed by atoms with Gasteiger partial charge in [-0.05, 0) is 17.0 Å². The van der Waals surface area contributed by atoms with E-state index in [0.29, 0.717) is 6.61 Å². The van der Waals surface area contributed by atoms with Crippen LogP contribution in [0.2, 0.25) is 0 Å². The SMILES string of the molecule is CC1COOOO1.NC(N)=O. The van der Waals surface area contributed by atoms with Crippen LogP contribution in [0.1, 0.15) is 6.92 Å². The molecule has 66 valence electrons. The quantitative estimate of drug-likeness (QED) is 0.459. The fourth-order valence-electron chi connectivity index (χ4n) is 0.254. The third-order valence-electron chi connectivity index (χ3n) is 0.582.